The Morgan fingerprint density at radius 3 is 2.54 bits per heavy atom. The van der Waals surface area contributed by atoms with E-state index in [9.17, 15) is 19.7 Å². The summed E-state index contributed by atoms with van der Waals surface area (Å²) < 4.78 is 10.4. The first kappa shape index (κ1) is 21.2. The van der Waals surface area contributed by atoms with E-state index in [0.29, 0.717) is 16.3 Å². The lowest BCUT2D eigenvalue weighted by atomic mass is 10.2. The van der Waals surface area contributed by atoms with Crippen molar-refractivity contribution in [2.75, 3.05) is 18.7 Å². The highest BCUT2D eigenvalue weighted by molar-refractivity contribution is 7.98. The molecule has 28 heavy (non-hydrogen) atoms. The Morgan fingerprint density at radius 2 is 1.93 bits per heavy atom. The highest BCUT2D eigenvalue weighted by atomic mass is 32.2. The van der Waals surface area contributed by atoms with E-state index in [-0.39, 0.29) is 11.3 Å². The van der Waals surface area contributed by atoms with Gasteiger partial charge in [0, 0.05) is 6.07 Å². The quantitative estimate of drug-likeness (QED) is 0.323. The van der Waals surface area contributed by atoms with E-state index in [0.717, 1.165) is 11.6 Å². The molecule has 1 atom stereocenters. The van der Waals surface area contributed by atoms with Crippen LogP contribution in [0.25, 0.3) is 0 Å². The number of ether oxygens (including phenoxy) is 2. The molecule has 148 valence electrons. The molecule has 2 aromatic carbocycles. The third-order valence-electron chi connectivity index (χ3n) is 3.88. The second-order valence-corrected chi connectivity index (χ2v) is 6.73. The predicted molar refractivity (Wildman–Crippen MR) is 106 cm³/mol. The summed E-state index contributed by atoms with van der Waals surface area (Å²) in [6, 6.07) is 9.33. The minimum atomic E-state index is -1.11. The first-order valence-electron chi connectivity index (χ1n) is 8.25. The van der Waals surface area contributed by atoms with Gasteiger partial charge in [0.2, 0.25) is 0 Å². The second-order valence-electron chi connectivity index (χ2n) is 5.88. The fourth-order valence-corrected chi connectivity index (χ4v) is 2.94. The van der Waals surface area contributed by atoms with Gasteiger partial charge in [0.05, 0.1) is 28.2 Å². The van der Waals surface area contributed by atoms with Gasteiger partial charge in [-0.15, -0.1) is 11.8 Å². The average molecular weight is 404 g/mol. The van der Waals surface area contributed by atoms with Crippen LogP contribution < -0.4 is 10.1 Å². The lowest BCUT2D eigenvalue weighted by Crippen LogP contribution is -2.30. The first-order valence-corrected chi connectivity index (χ1v) is 9.48. The summed E-state index contributed by atoms with van der Waals surface area (Å²) in [7, 11) is 1.48. The normalized spacial score (nSPS) is 11.4. The van der Waals surface area contributed by atoms with Gasteiger partial charge in [-0.1, -0.05) is 6.07 Å². The molecule has 1 amide bonds. The molecule has 0 saturated heterocycles. The molecule has 1 N–H and O–H groups in total. The van der Waals surface area contributed by atoms with E-state index < -0.39 is 22.9 Å². The average Bonchev–Trinajstić information content (AvgIpc) is 2.67. The van der Waals surface area contributed by atoms with Crippen molar-refractivity contribution < 1.29 is 24.0 Å². The van der Waals surface area contributed by atoms with Crippen LogP contribution in [0.2, 0.25) is 0 Å². The molecule has 0 aliphatic carbocycles. The molecule has 0 aliphatic rings. The number of rotatable bonds is 7. The molecule has 9 heteroatoms. The van der Waals surface area contributed by atoms with Crippen LogP contribution in [0.15, 0.2) is 41.3 Å². The topological polar surface area (TPSA) is 108 Å². The van der Waals surface area contributed by atoms with Gasteiger partial charge in [-0.3, -0.25) is 14.9 Å². The largest absolute Gasteiger partial charge is 0.495 e. The summed E-state index contributed by atoms with van der Waals surface area (Å²) in [4.78, 5) is 35.7. The van der Waals surface area contributed by atoms with Gasteiger partial charge in [0.25, 0.3) is 11.6 Å². The maximum atomic E-state index is 12.4. The van der Waals surface area contributed by atoms with Crippen molar-refractivity contribution in [1.82, 2.24) is 0 Å². The van der Waals surface area contributed by atoms with E-state index in [4.69, 9.17) is 9.47 Å². The maximum absolute atomic E-state index is 12.4. The van der Waals surface area contributed by atoms with Crippen LogP contribution in [0, 0.1) is 17.0 Å². The monoisotopic (exact) mass is 404 g/mol. The number of methoxy groups -OCH3 is 1. The molecule has 8 nitrogen and oxygen atoms in total. The summed E-state index contributed by atoms with van der Waals surface area (Å²) in [5.74, 6) is -0.900. The highest BCUT2D eigenvalue weighted by Gasteiger charge is 2.23. The molecule has 0 unspecified atom stereocenters. The molecular weight excluding hydrogens is 384 g/mol. The fourth-order valence-electron chi connectivity index (χ4n) is 2.40. The molecule has 0 fully saturated rings. The van der Waals surface area contributed by atoms with Crippen molar-refractivity contribution >= 4 is 35.0 Å². The molecule has 0 saturated carbocycles. The van der Waals surface area contributed by atoms with Crippen molar-refractivity contribution in [1.29, 1.82) is 0 Å². The fraction of sp³-hybridized carbons (Fsp3) is 0.263. The number of nitro groups is 1. The lowest BCUT2D eigenvalue weighted by Gasteiger charge is -2.15. The minimum Gasteiger partial charge on any atom is -0.495 e. The highest BCUT2D eigenvalue weighted by Crippen LogP contribution is 2.29. The number of hydrogen-bond donors (Lipinski definition) is 1. The number of aryl methyl sites for hydroxylation is 1. The van der Waals surface area contributed by atoms with Crippen molar-refractivity contribution in [2.24, 2.45) is 0 Å². The Bertz CT molecular complexity index is 915. The molecule has 0 radical (unpaired) electrons. The summed E-state index contributed by atoms with van der Waals surface area (Å²) in [5, 5.41) is 13.8. The van der Waals surface area contributed by atoms with Gasteiger partial charge in [0.1, 0.15) is 5.75 Å². The van der Waals surface area contributed by atoms with E-state index in [2.05, 4.69) is 5.32 Å². The van der Waals surface area contributed by atoms with Crippen LogP contribution in [-0.2, 0) is 9.53 Å². The third kappa shape index (κ3) is 5.01. The van der Waals surface area contributed by atoms with Crippen LogP contribution in [0.3, 0.4) is 0 Å². The van der Waals surface area contributed by atoms with Crippen LogP contribution in [0.1, 0.15) is 22.8 Å². The van der Waals surface area contributed by atoms with E-state index in [1.165, 1.54) is 37.9 Å². The van der Waals surface area contributed by atoms with Crippen LogP contribution in [0.5, 0.6) is 5.75 Å². The van der Waals surface area contributed by atoms with Gasteiger partial charge in [-0.05, 0) is 49.9 Å². The Hall–Kier alpha value is -3.07. The molecule has 2 rings (SSSR count). The number of carbonyl (C=O) groups is 2. The lowest BCUT2D eigenvalue weighted by molar-refractivity contribution is -0.387. The maximum Gasteiger partial charge on any atom is 0.339 e. The number of hydrogen-bond acceptors (Lipinski definition) is 7. The Labute approximate surface area is 166 Å². The SMILES string of the molecule is COc1ccc(C)cc1NC(=O)[C@H](C)OC(=O)c1ccc(SC)c([N+](=O)[O-])c1. The molecule has 0 aliphatic heterocycles. The zero-order valence-electron chi connectivity index (χ0n) is 15.8. The van der Waals surface area contributed by atoms with Crippen molar-refractivity contribution in [3.8, 4) is 5.75 Å². The van der Waals surface area contributed by atoms with Gasteiger partial charge in [-0.25, -0.2) is 4.79 Å². The van der Waals surface area contributed by atoms with Crippen molar-refractivity contribution in [3.05, 3.63) is 57.6 Å². The molecular formula is C19H20N2O6S. The molecule has 0 heterocycles. The number of carbonyl (C=O) groups excluding carboxylic acids is 2. The number of anilines is 1. The second kappa shape index (κ2) is 9.23. The number of amides is 1. The summed E-state index contributed by atoms with van der Waals surface area (Å²) in [5.41, 5.74) is 1.18. The zero-order valence-corrected chi connectivity index (χ0v) is 16.7. The van der Waals surface area contributed by atoms with E-state index in [1.54, 1.807) is 18.4 Å². The van der Waals surface area contributed by atoms with Crippen molar-refractivity contribution in [3.63, 3.8) is 0 Å². The van der Waals surface area contributed by atoms with Gasteiger partial charge >= 0.3 is 5.97 Å². The number of esters is 1. The first-order chi connectivity index (χ1) is 13.3. The Morgan fingerprint density at radius 1 is 1.21 bits per heavy atom. The molecule has 0 bridgehead atoms. The van der Waals surface area contributed by atoms with Gasteiger partial charge in [0.15, 0.2) is 6.10 Å². The number of nitrogens with one attached hydrogen (secondary N) is 1. The smallest absolute Gasteiger partial charge is 0.339 e. The van der Waals surface area contributed by atoms with Crippen LogP contribution >= 0.6 is 11.8 Å². The zero-order chi connectivity index (χ0) is 20.8. The third-order valence-corrected chi connectivity index (χ3v) is 4.66. The van der Waals surface area contributed by atoms with E-state index >= 15 is 0 Å². The van der Waals surface area contributed by atoms with Crippen LogP contribution in [0.4, 0.5) is 11.4 Å². The standard InChI is InChI=1S/C19H20N2O6S/c1-11-5-7-16(26-3)14(9-11)20-18(22)12(2)27-19(23)13-6-8-17(28-4)15(10-13)21(24)25/h5-10,12H,1-4H3,(H,20,22)/t12-/m0/s1. The van der Waals surface area contributed by atoms with E-state index in [1.807, 2.05) is 13.0 Å². The molecule has 0 aromatic heterocycles. The summed E-state index contributed by atoms with van der Waals surface area (Å²) >= 11 is 1.20. The van der Waals surface area contributed by atoms with Gasteiger partial charge < -0.3 is 14.8 Å². The number of thioether (sulfide) groups is 1. The number of nitro benzene ring substituents is 1. The predicted octanol–water partition coefficient (Wildman–Crippen LogP) is 3.82. The summed E-state index contributed by atoms with van der Waals surface area (Å²) in [6.07, 6.45) is 0.587. The van der Waals surface area contributed by atoms with Crippen molar-refractivity contribution in [2.45, 2.75) is 24.8 Å². The Balaban J connectivity index is 2.12. The Kier molecular flexibility index (Phi) is 7.00. The van der Waals surface area contributed by atoms with Gasteiger partial charge in [-0.2, -0.15) is 0 Å². The molecule has 0 spiro atoms. The number of benzene rings is 2. The summed E-state index contributed by atoms with van der Waals surface area (Å²) in [6.45, 7) is 3.28. The number of nitrogens with zero attached hydrogens (tertiary/aromatic N) is 1. The minimum absolute atomic E-state index is 0.00251. The molecule has 2 aromatic rings. The van der Waals surface area contributed by atoms with Crippen LogP contribution in [-0.4, -0.2) is 36.3 Å².